The molecular formula is C17H23FO3. The summed E-state index contributed by atoms with van der Waals surface area (Å²) in [5, 5.41) is 8.67. The molecule has 1 aromatic rings. The van der Waals surface area contributed by atoms with E-state index in [0.717, 1.165) is 25.0 Å². The molecule has 116 valence electrons. The Balaban J connectivity index is 2.36. The van der Waals surface area contributed by atoms with E-state index in [1.807, 2.05) is 0 Å². The third-order valence-corrected chi connectivity index (χ3v) is 2.71. The lowest BCUT2D eigenvalue weighted by Crippen LogP contribution is -2.05. The SMILES string of the molecule is CCCCOCCOCc1cc(F)cc(C#CCCO)c1. The number of unbranched alkanes of at least 4 members (excludes halogenated alkanes) is 1. The van der Waals surface area contributed by atoms with Gasteiger partial charge < -0.3 is 14.6 Å². The maximum atomic E-state index is 13.5. The van der Waals surface area contributed by atoms with Crippen LogP contribution in [-0.4, -0.2) is 31.5 Å². The third-order valence-electron chi connectivity index (χ3n) is 2.71. The van der Waals surface area contributed by atoms with Gasteiger partial charge in [-0.15, -0.1) is 0 Å². The summed E-state index contributed by atoms with van der Waals surface area (Å²) in [7, 11) is 0. The van der Waals surface area contributed by atoms with Crippen molar-refractivity contribution in [3.05, 3.63) is 35.1 Å². The number of rotatable bonds is 9. The molecule has 0 saturated heterocycles. The molecule has 21 heavy (non-hydrogen) atoms. The smallest absolute Gasteiger partial charge is 0.124 e. The molecule has 0 aliphatic rings. The van der Waals surface area contributed by atoms with Gasteiger partial charge in [0.1, 0.15) is 5.82 Å². The highest BCUT2D eigenvalue weighted by molar-refractivity contribution is 5.37. The second-order valence-corrected chi connectivity index (χ2v) is 4.64. The molecule has 0 atom stereocenters. The van der Waals surface area contributed by atoms with E-state index in [1.165, 1.54) is 12.1 Å². The van der Waals surface area contributed by atoms with Crippen LogP contribution in [0.25, 0.3) is 0 Å². The number of ether oxygens (including phenoxy) is 2. The summed E-state index contributed by atoms with van der Waals surface area (Å²) in [6, 6.07) is 4.61. The molecule has 0 aliphatic heterocycles. The van der Waals surface area contributed by atoms with Crippen LogP contribution in [0.15, 0.2) is 18.2 Å². The van der Waals surface area contributed by atoms with Crippen LogP contribution in [0.3, 0.4) is 0 Å². The van der Waals surface area contributed by atoms with Crippen molar-refractivity contribution >= 4 is 0 Å². The van der Waals surface area contributed by atoms with Crippen LogP contribution in [0.5, 0.6) is 0 Å². The van der Waals surface area contributed by atoms with Crippen molar-refractivity contribution in [3.63, 3.8) is 0 Å². The Hall–Kier alpha value is -1.41. The highest BCUT2D eigenvalue weighted by Crippen LogP contribution is 2.09. The topological polar surface area (TPSA) is 38.7 Å². The maximum Gasteiger partial charge on any atom is 0.124 e. The molecule has 1 rings (SSSR count). The molecule has 0 spiro atoms. The van der Waals surface area contributed by atoms with Gasteiger partial charge in [-0.05, 0) is 30.2 Å². The largest absolute Gasteiger partial charge is 0.395 e. The first-order valence-corrected chi connectivity index (χ1v) is 7.31. The van der Waals surface area contributed by atoms with Crippen LogP contribution < -0.4 is 0 Å². The molecule has 0 unspecified atom stereocenters. The molecule has 0 saturated carbocycles. The normalized spacial score (nSPS) is 10.2. The maximum absolute atomic E-state index is 13.5. The minimum absolute atomic E-state index is 0.0102. The quantitative estimate of drug-likeness (QED) is 0.562. The molecular weight excluding hydrogens is 271 g/mol. The van der Waals surface area contributed by atoms with E-state index in [1.54, 1.807) is 6.07 Å². The molecule has 0 heterocycles. The van der Waals surface area contributed by atoms with Gasteiger partial charge in [0.25, 0.3) is 0 Å². The Morgan fingerprint density at radius 3 is 2.71 bits per heavy atom. The highest BCUT2D eigenvalue weighted by atomic mass is 19.1. The molecule has 0 bridgehead atoms. The lowest BCUT2D eigenvalue weighted by molar-refractivity contribution is 0.0396. The van der Waals surface area contributed by atoms with Crippen molar-refractivity contribution in [2.75, 3.05) is 26.4 Å². The predicted molar refractivity (Wildman–Crippen MR) is 80.4 cm³/mol. The fourth-order valence-electron chi connectivity index (χ4n) is 1.68. The predicted octanol–water partition coefficient (Wildman–Crippen LogP) is 2.89. The average Bonchev–Trinajstić information content (AvgIpc) is 2.46. The fourth-order valence-corrected chi connectivity index (χ4v) is 1.68. The van der Waals surface area contributed by atoms with Gasteiger partial charge in [0.2, 0.25) is 0 Å². The first-order chi connectivity index (χ1) is 10.3. The lowest BCUT2D eigenvalue weighted by atomic mass is 10.1. The second kappa shape index (κ2) is 11.3. The number of halogens is 1. The molecule has 0 radical (unpaired) electrons. The molecule has 0 fully saturated rings. The van der Waals surface area contributed by atoms with Gasteiger partial charge in [-0.3, -0.25) is 0 Å². The van der Waals surface area contributed by atoms with Crippen LogP contribution in [0.2, 0.25) is 0 Å². The standard InChI is InChI=1S/C17H23FO3/c1-2-3-8-20-9-10-21-14-16-11-15(6-4-5-7-19)12-17(18)13-16/h11-13,19H,2-3,5,7-10,14H2,1H3. The number of aliphatic hydroxyl groups excluding tert-OH is 1. The Labute approximate surface area is 126 Å². The van der Waals surface area contributed by atoms with E-state index in [9.17, 15) is 4.39 Å². The lowest BCUT2D eigenvalue weighted by Gasteiger charge is -2.06. The summed E-state index contributed by atoms with van der Waals surface area (Å²) < 4.78 is 24.3. The molecule has 1 aromatic carbocycles. The van der Waals surface area contributed by atoms with Crippen molar-refractivity contribution in [1.29, 1.82) is 0 Å². The minimum Gasteiger partial charge on any atom is -0.395 e. The second-order valence-electron chi connectivity index (χ2n) is 4.64. The van der Waals surface area contributed by atoms with Gasteiger partial charge in [0.05, 0.1) is 26.4 Å². The summed E-state index contributed by atoms with van der Waals surface area (Å²) >= 11 is 0. The van der Waals surface area contributed by atoms with Crippen LogP contribution >= 0.6 is 0 Å². The summed E-state index contributed by atoms with van der Waals surface area (Å²) in [4.78, 5) is 0. The van der Waals surface area contributed by atoms with Crippen LogP contribution in [0.1, 0.15) is 37.3 Å². The zero-order valence-electron chi connectivity index (χ0n) is 12.5. The van der Waals surface area contributed by atoms with Crippen molar-refractivity contribution in [2.45, 2.75) is 32.8 Å². The molecule has 0 aromatic heterocycles. The van der Waals surface area contributed by atoms with E-state index >= 15 is 0 Å². The summed E-state index contributed by atoms with van der Waals surface area (Å²) in [6.45, 7) is 4.26. The number of aliphatic hydroxyl groups is 1. The number of benzene rings is 1. The number of hydrogen-bond acceptors (Lipinski definition) is 3. The van der Waals surface area contributed by atoms with E-state index in [-0.39, 0.29) is 12.4 Å². The van der Waals surface area contributed by atoms with Gasteiger partial charge in [-0.2, -0.15) is 0 Å². The third kappa shape index (κ3) is 8.46. The van der Waals surface area contributed by atoms with Crippen molar-refractivity contribution < 1.29 is 19.0 Å². The van der Waals surface area contributed by atoms with Crippen LogP contribution in [-0.2, 0) is 16.1 Å². The molecule has 4 heteroatoms. The Kier molecular flexibility index (Phi) is 9.47. The van der Waals surface area contributed by atoms with Gasteiger partial charge in [-0.1, -0.05) is 25.2 Å². The van der Waals surface area contributed by atoms with E-state index < -0.39 is 0 Å². The summed E-state index contributed by atoms with van der Waals surface area (Å²) in [5.41, 5.74) is 1.35. The zero-order valence-corrected chi connectivity index (χ0v) is 12.5. The van der Waals surface area contributed by atoms with Crippen molar-refractivity contribution in [3.8, 4) is 11.8 Å². The monoisotopic (exact) mass is 294 g/mol. The van der Waals surface area contributed by atoms with Gasteiger partial charge in [0, 0.05) is 18.6 Å². The summed E-state index contributed by atoms with van der Waals surface area (Å²) in [6.07, 6.45) is 2.56. The molecule has 3 nitrogen and oxygen atoms in total. The average molecular weight is 294 g/mol. The first kappa shape index (κ1) is 17.6. The van der Waals surface area contributed by atoms with Gasteiger partial charge in [-0.25, -0.2) is 4.39 Å². The van der Waals surface area contributed by atoms with E-state index in [4.69, 9.17) is 14.6 Å². The highest BCUT2D eigenvalue weighted by Gasteiger charge is 2.00. The Bertz CT molecular complexity index is 463. The Morgan fingerprint density at radius 1 is 1.14 bits per heavy atom. The first-order valence-electron chi connectivity index (χ1n) is 7.31. The summed E-state index contributed by atoms with van der Waals surface area (Å²) in [5.74, 6) is 5.27. The van der Waals surface area contributed by atoms with Gasteiger partial charge >= 0.3 is 0 Å². The molecule has 0 aliphatic carbocycles. The van der Waals surface area contributed by atoms with Crippen LogP contribution in [0, 0.1) is 17.7 Å². The van der Waals surface area contributed by atoms with Crippen molar-refractivity contribution in [1.82, 2.24) is 0 Å². The van der Waals surface area contributed by atoms with Crippen molar-refractivity contribution in [2.24, 2.45) is 0 Å². The fraction of sp³-hybridized carbons (Fsp3) is 0.529. The van der Waals surface area contributed by atoms with Gasteiger partial charge in [0.15, 0.2) is 0 Å². The minimum atomic E-state index is -0.330. The van der Waals surface area contributed by atoms with E-state index in [0.29, 0.717) is 31.8 Å². The molecule has 0 amide bonds. The Morgan fingerprint density at radius 2 is 1.95 bits per heavy atom. The molecule has 1 N–H and O–H groups in total. The van der Waals surface area contributed by atoms with E-state index in [2.05, 4.69) is 18.8 Å². The number of hydrogen-bond donors (Lipinski definition) is 1. The van der Waals surface area contributed by atoms with Crippen LogP contribution in [0.4, 0.5) is 4.39 Å². The zero-order chi connectivity index (χ0) is 15.3.